The molecular weight excluding hydrogens is 256 g/mol. The summed E-state index contributed by atoms with van der Waals surface area (Å²) in [6.07, 6.45) is 5.47. The van der Waals surface area contributed by atoms with E-state index in [0.717, 1.165) is 25.0 Å². The SMILES string of the molecule is C[C@H](NCC(O)COCC1CCCO1)c1cccnc1. The number of aromatic nitrogens is 1. The fourth-order valence-corrected chi connectivity index (χ4v) is 2.23. The van der Waals surface area contributed by atoms with Crippen LogP contribution in [-0.4, -0.2) is 48.7 Å². The number of pyridine rings is 1. The first-order valence-corrected chi connectivity index (χ1v) is 7.26. The Hall–Kier alpha value is -1.01. The third-order valence-corrected chi connectivity index (χ3v) is 3.48. The van der Waals surface area contributed by atoms with Crippen LogP contribution in [0.5, 0.6) is 0 Å². The molecule has 5 heteroatoms. The molecule has 0 spiro atoms. The molecule has 1 saturated heterocycles. The highest BCUT2D eigenvalue weighted by molar-refractivity contribution is 5.12. The third kappa shape index (κ3) is 5.17. The molecule has 0 saturated carbocycles. The molecule has 2 N–H and O–H groups in total. The Labute approximate surface area is 120 Å². The lowest BCUT2D eigenvalue weighted by Gasteiger charge is -2.18. The summed E-state index contributed by atoms with van der Waals surface area (Å²) in [5.74, 6) is 0. The van der Waals surface area contributed by atoms with Crippen molar-refractivity contribution in [3.05, 3.63) is 30.1 Å². The maximum atomic E-state index is 9.87. The highest BCUT2D eigenvalue weighted by atomic mass is 16.5. The van der Waals surface area contributed by atoms with Crippen molar-refractivity contribution in [3.63, 3.8) is 0 Å². The number of hydrogen-bond acceptors (Lipinski definition) is 5. The van der Waals surface area contributed by atoms with Gasteiger partial charge in [0.05, 0.1) is 25.4 Å². The fraction of sp³-hybridized carbons (Fsp3) is 0.667. The molecule has 1 aromatic heterocycles. The smallest absolute Gasteiger partial charge is 0.0897 e. The molecule has 0 aromatic carbocycles. The minimum absolute atomic E-state index is 0.163. The summed E-state index contributed by atoms with van der Waals surface area (Å²) < 4.78 is 11.0. The van der Waals surface area contributed by atoms with Crippen LogP contribution in [0.3, 0.4) is 0 Å². The third-order valence-electron chi connectivity index (χ3n) is 3.48. The summed E-state index contributed by atoms with van der Waals surface area (Å²) in [7, 11) is 0. The minimum atomic E-state index is -0.504. The van der Waals surface area contributed by atoms with Gasteiger partial charge in [-0.05, 0) is 31.4 Å². The first-order chi connectivity index (χ1) is 9.75. The van der Waals surface area contributed by atoms with E-state index in [9.17, 15) is 5.11 Å². The summed E-state index contributed by atoms with van der Waals surface area (Å²) in [5, 5.41) is 13.2. The standard InChI is InChI=1S/C15H24N2O3/c1-12(13-4-2-6-16-8-13)17-9-14(18)10-19-11-15-5-3-7-20-15/h2,4,6,8,12,14-15,17-18H,3,5,7,9-11H2,1H3/t12-,14?,15?/m0/s1. The van der Waals surface area contributed by atoms with E-state index in [0.29, 0.717) is 19.8 Å². The normalized spacial score (nSPS) is 21.8. The van der Waals surface area contributed by atoms with Crippen molar-refractivity contribution in [2.45, 2.75) is 38.0 Å². The zero-order chi connectivity index (χ0) is 14.2. The van der Waals surface area contributed by atoms with Crippen molar-refractivity contribution in [2.24, 2.45) is 0 Å². The summed E-state index contributed by atoms with van der Waals surface area (Å²) in [5.41, 5.74) is 1.11. The Bertz CT molecular complexity index is 369. The molecule has 0 radical (unpaired) electrons. The highest BCUT2D eigenvalue weighted by Gasteiger charge is 2.16. The van der Waals surface area contributed by atoms with E-state index in [1.165, 1.54) is 0 Å². The molecule has 3 atom stereocenters. The van der Waals surface area contributed by atoms with Gasteiger partial charge in [0, 0.05) is 31.6 Å². The van der Waals surface area contributed by atoms with Gasteiger partial charge in [0.2, 0.25) is 0 Å². The molecule has 0 bridgehead atoms. The molecule has 1 aromatic rings. The quantitative estimate of drug-likeness (QED) is 0.751. The lowest BCUT2D eigenvalue weighted by atomic mass is 10.1. The number of ether oxygens (including phenoxy) is 2. The van der Waals surface area contributed by atoms with Crippen molar-refractivity contribution < 1.29 is 14.6 Å². The molecule has 20 heavy (non-hydrogen) atoms. The molecular formula is C15H24N2O3. The van der Waals surface area contributed by atoms with Crippen LogP contribution in [0.2, 0.25) is 0 Å². The second kappa shape index (κ2) is 8.32. The second-order valence-electron chi connectivity index (χ2n) is 5.24. The monoisotopic (exact) mass is 280 g/mol. The molecule has 1 aliphatic heterocycles. The van der Waals surface area contributed by atoms with Crippen LogP contribution < -0.4 is 5.32 Å². The van der Waals surface area contributed by atoms with E-state index in [2.05, 4.69) is 17.2 Å². The molecule has 1 aliphatic rings. The Balaban J connectivity index is 1.58. The van der Waals surface area contributed by atoms with Gasteiger partial charge >= 0.3 is 0 Å². The Morgan fingerprint density at radius 2 is 2.50 bits per heavy atom. The fourth-order valence-electron chi connectivity index (χ4n) is 2.23. The van der Waals surface area contributed by atoms with E-state index in [1.54, 1.807) is 6.20 Å². The predicted octanol–water partition coefficient (Wildman–Crippen LogP) is 1.29. The molecule has 2 heterocycles. The van der Waals surface area contributed by atoms with Crippen molar-refractivity contribution in [1.29, 1.82) is 0 Å². The van der Waals surface area contributed by atoms with E-state index < -0.39 is 6.10 Å². The lowest BCUT2D eigenvalue weighted by molar-refractivity contribution is -0.0168. The average molecular weight is 280 g/mol. The van der Waals surface area contributed by atoms with Gasteiger partial charge in [-0.3, -0.25) is 4.98 Å². The van der Waals surface area contributed by atoms with Crippen LogP contribution in [0, 0.1) is 0 Å². The van der Waals surface area contributed by atoms with Gasteiger partial charge in [-0.25, -0.2) is 0 Å². The van der Waals surface area contributed by atoms with Gasteiger partial charge in [-0.1, -0.05) is 6.07 Å². The van der Waals surface area contributed by atoms with Crippen LogP contribution in [0.25, 0.3) is 0 Å². The number of aliphatic hydroxyl groups excluding tert-OH is 1. The zero-order valence-electron chi connectivity index (χ0n) is 12.0. The van der Waals surface area contributed by atoms with Crippen molar-refractivity contribution >= 4 is 0 Å². The first-order valence-electron chi connectivity index (χ1n) is 7.26. The Kier molecular flexibility index (Phi) is 6.39. The molecule has 2 unspecified atom stereocenters. The van der Waals surface area contributed by atoms with Crippen LogP contribution in [0.4, 0.5) is 0 Å². The average Bonchev–Trinajstić information content (AvgIpc) is 2.99. The lowest BCUT2D eigenvalue weighted by Crippen LogP contribution is -2.33. The molecule has 0 aliphatic carbocycles. The maximum Gasteiger partial charge on any atom is 0.0897 e. The van der Waals surface area contributed by atoms with Crippen LogP contribution >= 0.6 is 0 Å². The van der Waals surface area contributed by atoms with E-state index in [-0.39, 0.29) is 12.1 Å². The minimum Gasteiger partial charge on any atom is -0.389 e. The first kappa shape index (κ1) is 15.4. The Morgan fingerprint density at radius 3 is 3.20 bits per heavy atom. The number of hydrogen-bond donors (Lipinski definition) is 2. The van der Waals surface area contributed by atoms with Gasteiger partial charge in [0.25, 0.3) is 0 Å². The largest absolute Gasteiger partial charge is 0.389 e. The van der Waals surface area contributed by atoms with Crippen molar-refractivity contribution in [1.82, 2.24) is 10.3 Å². The predicted molar refractivity (Wildman–Crippen MR) is 76.5 cm³/mol. The summed E-state index contributed by atoms with van der Waals surface area (Å²) in [4.78, 5) is 4.09. The van der Waals surface area contributed by atoms with Crippen molar-refractivity contribution in [2.75, 3.05) is 26.4 Å². The maximum absolute atomic E-state index is 9.87. The van der Waals surface area contributed by atoms with E-state index in [4.69, 9.17) is 9.47 Å². The summed E-state index contributed by atoms with van der Waals surface area (Å²) >= 11 is 0. The van der Waals surface area contributed by atoms with E-state index in [1.807, 2.05) is 18.3 Å². The zero-order valence-corrected chi connectivity index (χ0v) is 12.0. The molecule has 0 amide bonds. The van der Waals surface area contributed by atoms with Crippen molar-refractivity contribution in [3.8, 4) is 0 Å². The summed E-state index contributed by atoms with van der Waals surface area (Å²) in [6.45, 7) is 4.31. The molecule has 112 valence electrons. The molecule has 2 rings (SSSR count). The van der Waals surface area contributed by atoms with E-state index >= 15 is 0 Å². The van der Waals surface area contributed by atoms with Gasteiger partial charge < -0.3 is 19.9 Å². The number of nitrogens with zero attached hydrogens (tertiary/aromatic N) is 1. The Morgan fingerprint density at radius 1 is 1.60 bits per heavy atom. The van der Waals surface area contributed by atoms with Gasteiger partial charge in [0.1, 0.15) is 0 Å². The van der Waals surface area contributed by atoms with Gasteiger partial charge in [-0.15, -0.1) is 0 Å². The van der Waals surface area contributed by atoms with Crippen LogP contribution in [0.1, 0.15) is 31.4 Å². The van der Waals surface area contributed by atoms with Gasteiger partial charge in [0.15, 0.2) is 0 Å². The second-order valence-corrected chi connectivity index (χ2v) is 5.24. The number of aliphatic hydroxyl groups is 1. The molecule has 1 fully saturated rings. The molecule has 5 nitrogen and oxygen atoms in total. The summed E-state index contributed by atoms with van der Waals surface area (Å²) in [6, 6.07) is 4.09. The number of rotatable bonds is 8. The number of nitrogens with one attached hydrogen (secondary N) is 1. The van der Waals surface area contributed by atoms with Crippen LogP contribution in [0.15, 0.2) is 24.5 Å². The van der Waals surface area contributed by atoms with Gasteiger partial charge in [-0.2, -0.15) is 0 Å². The van der Waals surface area contributed by atoms with Crippen LogP contribution in [-0.2, 0) is 9.47 Å². The topological polar surface area (TPSA) is 63.6 Å². The highest BCUT2D eigenvalue weighted by Crippen LogP contribution is 2.12.